The highest BCUT2D eigenvalue weighted by Gasteiger charge is 2.55. The van der Waals surface area contributed by atoms with E-state index in [4.69, 9.17) is 10.2 Å². The van der Waals surface area contributed by atoms with Crippen LogP contribution in [0, 0.1) is 0 Å². The van der Waals surface area contributed by atoms with Crippen molar-refractivity contribution < 1.29 is 37.8 Å². The van der Waals surface area contributed by atoms with Crippen molar-refractivity contribution in [2.45, 2.75) is 18.0 Å². The zero-order valence-electron chi connectivity index (χ0n) is 18.1. The van der Waals surface area contributed by atoms with Crippen LogP contribution in [0.3, 0.4) is 0 Å². The van der Waals surface area contributed by atoms with E-state index >= 15 is 0 Å². The molecule has 5 heterocycles. The summed E-state index contributed by atoms with van der Waals surface area (Å²) in [5, 5.41) is 19.8. The zero-order valence-corrected chi connectivity index (χ0v) is 18.9. The van der Waals surface area contributed by atoms with Crippen molar-refractivity contribution in [3.05, 3.63) is 47.8 Å². The van der Waals surface area contributed by atoms with E-state index in [1.165, 1.54) is 23.8 Å². The number of carbonyl (C=O) groups excluding carboxylic acids is 2. The lowest BCUT2D eigenvalue weighted by atomic mass is 10.0. The van der Waals surface area contributed by atoms with Gasteiger partial charge < -0.3 is 29.9 Å². The van der Waals surface area contributed by atoms with Crippen molar-refractivity contribution >= 4 is 52.4 Å². The third kappa shape index (κ3) is 3.84. The van der Waals surface area contributed by atoms with Gasteiger partial charge >= 0.3 is 17.7 Å². The van der Waals surface area contributed by atoms with Crippen LogP contribution in [0.4, 0.5) is 6.01 Å². The molecule has 2 amide bonds. The van der Waals surface area contributed by atoms with E-state index in [0.29, 0.717) is 17.0 Å². The Morgan fingerprint density at radius 3 is 3.00 bits per heavy atom. The number of β-lactam (4-membered cyclic amide) rings is 1. The van der Waals surface area contributed by atoms with Gasteiger partial charge in [-0.1, -0.05) is 10.3 Å². The third-order valence-electron chi connectivity index (χ3n) is 5.43. The summed E-state index contributed by atoms with van der Waals surface area (Å²) in [6.45, 7) is 0.219. The van der Waals surface area contributed by atoms with Gasteiger partial charge in [-0.05, 0) is 12.1 Å². The maximum Gasteiger partial charge on any atom is 0.380 e. The van der Waals surface area contributed by atoms with E-state index in [1.54, 1.807) is 23.1 Å². The molecule has 4 N–H and O–H groups in total. The van der Waals surface area contributed by atoms with E-state index in [2.05, 4.69) is 30.0 Å². The van der Waals surface area contributed by atoms with Gasteiger partial charge in [0.25, 0.3) is 11.8 Å². The van der Waals surface area contributed by atoms with E-state index in [0.717, 1.165) is 5.39 Å². The summed E-state index contributed by atoms with van der Waals surface area (Å²) in [6.07, 6.45) is 3.33. The second-order valence-corrected chi connectivity index (χ2v) is 8.62. The molecule has 15 heteroatoms. The number of rotatable bonds is 7. The molecule has 0 aliphatic carbocycles. The lowest BCUT2D eigenvalue weighted by Crippen LogP contribution is -2.71. The summed E-state index contributed by atoms with van der Waals surface area (Å²) in [5.41, 5.74) is 6.06. The number of nitrogens with zero attached hydrogens (tertiary/aromatic N) is 5. The number of thioether (sulfide) groups is 1. The molecule has 5 rings (SSSR count). The minimum Gasteiger partial charge on any atom is -0.477 e. The summed E-state index contributed by atoms with van der Waals surface area (Å²) in [6, 6.07) is 4.24. The molecule has 1 fully saturated rings. The first-order valence-electron chi connectivity index (χ1n) is 10.2. The number of nitrogens with one attached hydrogen (secondary N) is 1. The maximum absolute atomic E-state index is 13.0. The van der Waals surface area contributed by atoms with Crippen molar-refractivity contribution in [2.24, 2.45) is 5.16 Å². The lowest BCUT2D eigenvalue weighted by Gasteiger charge is -2.49. The van der Waals surface area contributed by atoms with E-state index in [-0.39, 0.29) is 29.8 Å². The first kappa shape index (κ1) is 22.4. The number of nitrogen functional groups attached to an aromatic ring is 1. The number of aliphatic carboxylic acids is 1. The van der Waals surface area contributed by atoms with Crippen LogP contribution in [0.1, 0.15) is 5.82 Å². The summed E-state index contributed by atoms with van der Waals surface area (Å²) < 4.78 is 12.0. The van der Waals surface area contributed by atoms with Gasteiger partial charge in [0.05, 0.1) is 11.6 Å². The number of carbonyl (C=O) groups is 3. The highest BCUT2D eigenvalue weighted by Crippen LogP contribution is 2.40. The Morgan fingerprint density at radius 1 is 1.46 bits per heavy atom. The number of carboxylic acid groups (broad SMARTS) is 1. The summed E-state index contributed by atoms with van der Waals surface area (Å²) in [7, 11) is 1.22. The minimum absolute atomic E-state index is 0.114. The number of anilines is 1. The second-order valence-electron chi connectivity index (χ2n) is 7.51. The monoisotopic (exact) mass is 500 g/mol. The first-order valence-corrected chi connectivity index (χ1v) is 11.2. The molecule has 0 spiro atoms. The predicted octanol–water partition coefficient (Wildman–Crippen LogP) is -0.525. The van der Waals surface area contributed by atoms with Crippen LogP contribution in [0.25, 0.3) is 11.1 Å². The molecule has 1 unspecified atom stereocenters. The average molecular weight is 500 g/mol. The quantitative estimate of drug-likeness (QED) is 0.164. The topological polar surface area (TPSA) is 190 Å². The number of carboxylic acids is 1. The van der Waals surface area contributed by atoms with Gasteiger partial charge in [0, 0.05) is 17.4 Å². The summed E-state index contributed by atoms with van der Waals surface area (Å²) in [5.74, 6) is -2.51. The highest BCUT2D eigenvalue weighted by molar-refractivity contribution is 8.00. The molecule has 0 radical (unpaired) electrons. The van der Waals surface area contributed by atoms with Crippen molar-refractivity contribution in [2.75, 3.05) is 18.6 Å². The fourth-order valence-corrected chi connectivity index (χ4v) is 5.28. The zero-order chi connectivity index (χ0) is 24.7. The highest BCUT2D eigenvalue weighted by atomic mass is 32.2. The summed E-state index contributed by atoms with van der Waals surface area (Å²) in [4.78, 5) is 47.5. The molecular weight excluding hydrogens is 482 g/mol. The fourth-order valence-electron chi connectivity index (χ4n) is 3.94. The molecule has 3 aromatic heterocycles. The average Bonchev–Trinajstić information content (AvgIpc) is 3.49. The predicted molar refractivity (Wildman–Crippen MR) is 118 cm³/mol. The van der Waals surface area contributed by atoms with Gasteiger partial charge in [-0.15, -0.1) is 11.8 Å². The lowest BCUT2D eigenvalue weighted by molar-refractivity contribution is -0.669. The van der Waals surface area contributed by atoms with E-state index in [9.17, 15) is 19.5 Å². The number of furan rings is 1. The number of fused-ring (bicyclic) bond motifs is 2. The van der Waals surface area contributed by atoms with Gasteiger partial charge in [-0.25, -0.2) is 4.79 Å². The molecule has 2 aliphatic rings. The van der Waals surface area contributed by atoms with Gasteiger partial charge in [0.15, 0.2) is 12.7 Å². The van der Waals surface area contributed by atoms with Crippen molar-refractivity contribution in [1.29, 1.82) is 0 Å². The van der Waals surface area contributed by atoms with Gasteiger partial charge in [0.2, 0.25) is 11.5 Å². The number of nitrogens with two attached hydrogens (primary N) is 1. The van der Waals surface area contributed by atoms with Crippen LogP contribution in [0.15, 0.2) is 56.0 Å². The summed E-state index contributed by atoms with van der Waals surface area (Å²) >= 11 is 1.33. The van der Waals surface area contributed by atoms with E-state index < -0.39 is 29.2 Å². The fraction of sp³-hybridized carbons (Fsp3) is 0.250. The molecule has 2 aliphatic heterocycles. The van der Waals surface area contributed by atoms with Crippen molar-refractivity contribution in [3.8, 4) is 0 Å². The Morgan fingerprint density at radius 2 is 2.29 bits per heavy atom. The van der Waals surface area contributed by atoms with Gasteiger partial charge in [0.1, 0.15) is 24.2 Å². The van der Waals surface area contributed by atoms with Crippen LogP contribution in [0.5, 0.6) is 0 Å². The van der Waals surface area contributed by atoms with Crippen LogP contribution in [-0.4, -0.2) is 67.9 Å². The molecular formula is C20H18N7O7S+. The van der Waals surface area contributed by atoms with Crippen molar-refractivity contribution in [1.82, 2.24) is 20.4 Å². The number of aromatic nitrogens is 3. The number of pyridine rings is 1. The van der Waals surface area contributed by atoms with Crippen LogP contribution in [0.2, 0.25) is 0 Å². The standard InChI is InChI=1S/C20H17N7O7S/c1-32-24-11(14-23-20(21)34-25-14)15(28)22-12-16(29)27-13(19(30)31)10(8-35-18(12)27)7-26-5-2-3-9-4-6-33-17(9)26/h2-6,12,18H,7-8H2,1H3,(H3-,21,22,23,25,28,30,31)/p+1/b24-11-/t12?,18-/m1/s1. The first-order chi connectivity index (χ1) is 16.9. The molecule has 180 valence electrons. The second kappa shape index (κ2) is 8.75. The maximum atomic E-state index is 13.0. The molecule has 0 saturated carbocycles. The molecule has 3 aromatic rings. The van der Waals surface area contributed by atoms with Crippen molar-refractivity contribution in [3.63, 3.8) is 0 Å². The van der Waals surface area contributed by atoms with Crippen LogP contribution < -0.4 is 15.6 Å². The normalized spacial score (nSPS) is 20.0. The minimum atomic E-state index is -1.24. The molecule has 0 bridgehead atoms. The third-order valence-corrected chi connectivity index (χ3v) is 6.77. The Balaban J connectivity index is 1.38. The molecule has 35 heavy (non-hydrogen) atoms. The Hall–Kier alpha value is -4.40. The molecule has 1 saturated heterocycles. The van der Waals surface area contributed by atoms with Gasteiger partial charge in [-0.2, -0.15) is 9.55 Å². The smallest absolute Gasteiger partial charge is 0.380 e. The number of hydrogen-bond donors (Lipinski definition) is 3. The SMILES string of the molecule is CO/N=C(\C(=O)NC1C(=O)N2C(C(=O)O)=C(C[n+]3cccc4ccoc43)CS[C@H]12)c1noc(N)n1. The molecule has 14 nitrogen and oxygen atoms in total. The molecule has 2 atom stereocenters. The Bertz CT molecular complexity index is 1410. The van der Waals surface area contributed by atoms with E-state index in [1.807, 2.05) is 12.1 Å². The number of oxime groups is 1. The Kier molecular flexibility index (Phi) is 5.60. The number of amides is 2. The number of hydrogen-bond acceptors (Lipinski definition) is 11. The molecule has 0 aromatic carbocycles. The van der Waals surface area contributed by atoms with Crippen LogP contribution in [-0.2, 0) is 25.8 Å². The largest absolute Gasteiger partial charge is 0.477 e. The van der Waals surface area contributed by atoms with Gasteiger partial charge in [-0.3, -0.25) is 14.5 Å². The van der Waals surface area contributed by atoms with Crippen LogP contribution >= 0.6 is 11.8 Å². The Labute approximate surface area is 200 Å².